The number of rotatable bonds is 3. The lowest BCUT2D eigenvalue weighted by Gasteiger charge is -2.06. The van der Waals surface area contributed by atoms with Gasteiger partial charge in [-0.1, -0.05) is 0 Å². The number of benzene rings is 1. The van der Waals surface area contributed by atoms with E-state index in [4.69, 9.17) is 0 Å². The number of ketones is 1. The van der Waals surface area contributed by atoms with Crippen LogP contribution in [0.2, 0.25) is 0 Å². The lowest BCUT2D eigenvalue weighted by Crippen LogP contribution is -2.18. The van der Waals surface area contributed by atoms with Crippen LogP contribution in [-0.2, 0) is 15.7 Å². The summed E-state index contributed by atoms with van der Waals surface area (Å²) in [6.07, 6.45) is -4.47. The van der Waals surface area contributed by atoms with Crippen LogP contribution in [0.3, 0.4) is 0 Å². The van der Waals surface area contributed by atoms with Crippen molar-refractivity contribution in [2.45, 2.75) is 20.0 Å². The number of nitrogens with one attached hydrogen (secondary N) is 1. The molecule has 2 rings (SSSR count). The molecule has 0 spiro atoms. The van der Waals surface area contributed by atoms with E-state index in [2.05, 4.69) is 9.72 Å². The second kappa shape index (κ2) is 5.23. The van der Waals surface area contributed by atoms with Gasteiger partial charge in [-0.15, -0.1) is 0 Å². The standard InChI is InChI=1S/C14H12F3NO3/c1-3-21-13(20)12(19)11-7(2)9-6-8(14(15,16)17)4-5-10(9)18-11/h4-6,18H,3H2,1-2H3. The van der Waals surface area contributed by atoms with Crippen molar-refractivity contribution < 1.29 is 27.5 Å². The molecule has 0 radical (unpaired) electrons. The molecule has 1 heterocycles. The first kappa shape index (κ1) is 15.1. The smallest absolute Gasteiger partial charge is 0.416 e. The quantitative estimate of drug-likeness (QED) is 0.538. The predicted molar refractivity (Wildman–Crippen MR) is 69.0 cm³/mol. The van der Waals surface area contributed by atoms with E-state index in [1.54, 1.807) is 6.92 Å². The third-order valence-electron chi connectivity index (χ3n) is 3.07. The highest BCUT2D eigenvalue weighted by Crippen LogP contribution is 2.33. The van der Waals surface area contributed by atoms with Gasteiger partial charge in [-0.3, -0.25) is 4.79 Å². The monoisotopic (exact) mass is 299 g/mol. The predicted octanol–water partition coefficient (Wildman–Crippen LogP) is 3.24. The summed E-state index contributed by atoms with van der Waals surface area (Å²) in [7, 11) is 0. The first-order valence-corrected chi connectivity index (χ1v) is 6.16. The first-order chi connectivity index (χ1) is 9.75. The molecule has 0 fully saturated rings. The zero-order chi connectivity index (χ0) is 15.8. The molecule has 0 aliphatic carbocycles. The summed E-state index contributed by atoms with van der Waals surface area (Å²) in [6, 6.07) is 3.09. The Balaban J connectivity index is 2.51. The Labute approximate surface area is 117 Å². The molecule has 1 aromatic carbocycles. The number of alkyl halides is 3. The average molecular weight is 299 g/mol. The van der Waals surface area contributed by atoms with E-state index in [1.165, 1.54) is 13.0 Å². The maximum atomic E-state index is 12.7. The molecule has 0 atom stereocenters. The molecule has 0 saturated carbocycles. The fourth-order valence-corrected chi connectivity index (χ4v) is 2.03. The summed E-state index contributed by atoms with van der Waals surface area (Å²) in [5.74, 6) is -1.94. The molecule has 0 aliphatic heterocycles. The lowest BCUT2D eigenvalue weighted by atomic mass is 10.1. The molecule has 0 amide bonds. The number of aryl methyl sites for hydroxylation is 1. The molecular formula is C14H12F3NO3. The van der Waals surface area contributed by atoms with Crippen molar-refractivity contribution in [3.63, 3.8) is 0 Å². The average Bonchev–Trinajstić information content (AvgIpc) is 2.74. The summed E-state index contributed by atoms with van der Waals surface area (Å²) >= 11 is 0. The number of fused-ring (bicyclic) bond motifs is 1. The minimum atomic E-state index is -4.47. The second-order valence-electron chi connectivity index (χ2n) is 4.43. The fourth-order valence-electron chi connectivity index (χ4n) is 2.03. The number of carbonyl (C=O) groups excluding carboxylic acids is 2. The molecule has 1 N–H and O–H groups in total. The van der Waals surface area contributed by atoms with E-state index >= 15 is 0 Å². The number of aromatic amines is 1. The van der Waals surface area contributed by atoms with Crippen LogP contribution in [0.4, 0.5) is 13.2 Å². The lowest BCUT2D eigenvalue weighted by molar-refractivity contribution is -0.138. The molecule has 0 bridgehead atoms. The van der Waals surface area contributed by atoms with Crippen molar-refractivity contribution in [1.29, 1.82) is 0 Å². The van der Waals surface area contributed by atoms with Gasteiger partial charge in [0.05, 0.1) is 17.9 Å². The highest BCUT2D eigenvalue weighted by Gasteiger charge is 2.31. The largest absolute Gasteiger partial charge is 0.460 e. The number of Topliss-reactive ketones (excluding diaryl/α,β-unsaturated/α-hetero) is 1. The van der Waals surface area contributed by atoms with Crippen LogP contribution >= 0.6 is 0 Å². The minimum absolute atomic E-state index is 0.0437. The third-order valence-corrected chi connectivity index (χ3v) is 3.07. The van der Waals surface area contributed by atoms with Crippen molar-refractivity contribution in [1.82, 2.24) is 4.98 Å². The maximum Gasteiger partial charge on any atom is 0.416 e. The highest BCUT2D eigenvalue weighted by molar-refractivity contribution is 6.41. The Hall–Kier alpha value is -2.31. The van der Waals surface area contributed by atoms with E-state index < -0.39 is 23.5 Å². The molecule has 7 heteroatoms. The van der Waals surface area contributed by atoms with Gasteiger partial charge in [-0.2, -0.15) is 13.2 Å². The van der Waals surface area contributed by atoms with Crippen LogP contribution in [0, 0.1) is 6.92 Å². The molecule has 0 aliphatic rings. The summed E-state index contributed by atoms with van der Waals surface area (Å²) in [6.45, 7) is 3.08. The van der Waals surface area contributed by atoms with Crippen LogP contribution < -0.4 is 0 Å². The van der Waals surface area contributed by atoms with Crippen molar-refractivity contribution in [2.24, 2.45) is 0 Å². The van der Waals surface area contributed by atoms with Crippen LogP contribution in [0.15, 0.2) is 18.2 Å². The molecular weight excluding hydrogens is 287 g/mol. The Kier molecular flexibility index (Phi) is 3.76. The van der Waals surface area contributed by atoms with Crippen molar-refractivity contribution >= 4 is 22.7 Å². The Morgan fingerprint density at radius 1 is 1.29 bits per heavy atom. The number of halogens is 3. The number of H-pyrrole nitrogens is 1. The van der Waals surface area contributed by atoms with E-state index in [0.717, 1.165) is 12.1 Å². The van der Waals surface area contributed by atoms with Crippen LogP contribution in [0.25, 0.3) is 10.9 Å². The van der Waals surface area contributed by atoms with Crippen LogP contribution in [-0.4, -0.2) is 23.3 Å². The van der Waals surface area contributed by atoms with Gasteiger partial charge >= 0.3 is 12.1 Å². The summed E-state index contributed by atoms with van der Waals surface area (Å²) in [5.41, 5.74) is -0.225. The zero-order valence-electron chi connectivity index (χ0n) is 11.3. The van der Waals surface area contributed by atoms with E-state index in [-0.39, 0.29) is 23.3 Å². The molecule has 21 heavy (non-hydrogen) atoms. The fraction of sp³-hybridized carbons (Fsp3) is 0.286. The van der Waals surface area contributed by atoms with Gasteiger partial charge in [-0.25, -0.2) is 4.79 Å². The number of aromatic nitrogens is 1. The molecule has 4 nitrogen and oxygen atoms in total. The van der Waals surface area contributed by atoms with Crippen molar-refractivity contribution in [3.8, 4) is 0 Å². The van der Waals surface area contributed by atoms with Crippen LogP contribution in [0.5, 0.6) is 0 Å². The molecule has 2 aromatic rings. The number of hydrogen-bond acceptors (Lipinski definition) is 3. The first-order valence-electron chi connectivity index (χ1n) is 6.16. The van der Waals surface area contributed by atoms with Gasteiger partial charge in [0.1, 0.15) is 0 Å². The molecule has 0 saturated heterocycles. The summed E-state index contributed by atoms with van der Waals surface area (Å²) < 4.78 is 42.7. The van der Waals surface area contributed by atoms with Crippen molar-refractivity contribution in [3.05, 3.63) is 35.0 Å². The van der Waals surface area contributed by atoms with E-state index in [0.29, 0.717) is 5.52 Å². The zero-order valence-corrected chi connectivity index (χ0v) is 11.3. The second-order valence-corrected chi connectivity index (χ2v) is 4.43. The Morgan fingerprint density at radius 3 is 2.52 bits per heavy atom. The number of carbonyl (C=O) groups is 2. The number of hydrogen-bond donors (Lipinski definition) is 1. The summed E-state index contributed by atoms with van der Waals surface area (Å²) in [4.78, 5) is 26.0. The van der Waals surface area contributed by atoms with Gasteiger partial charge in [0.25, 0.3) is 5.78 Å². The SMILES string of the molecule is CCOC(=O)C(=O)c1[nH]c2ccc(C(F)(F)F)cc2c1C. The molecule has 0 unspecified atom stereocenters. The van der Waals surface area contributed by atoms with Gasteiger partial charge in [0.15, 0.2) is 0 Å². The molecule has 1 aromatic heterocycles. The minimum Gasteiger partial charge on any atom is -0.460 e. The van der Waals surface area contributed by atoms with Gasteiger partial charge in [0, 0.05) is 10.9 Å². The topological polar surface area (TPSA) is 59.2 Å². The summed E-state index contributed by atoms with van der Waals surface area (Å²) in [5, 5.41) is 0.248. The van der Waals surface area contributed by atoms with Gasteiger partial charge in [-0.05, 0) is 37.6 Å². The normalized spacial score (nSPS) is 11.7. The molecule has 112 valence electrons. The Morgan fingerprint density at radius 2 is 1.95 bits per heavy atom. The third kappa shape index (κ3) is 2.76. The Bertz CT molecular complexity index is 716. The van der Waals surface area contributed by atoms with Crippen LogP contribution in [0.1, 0.15) is 28.5 Å². The van der Waals surface area contributed by atoms with E-state index in [9.17, 15) is 22.8 Å². The van der Waals surface area contributed by atoms with E-state index in [1.807, 2.05) is 0 Å². The number of esters is 1. The van der Waals surface area contributed by atoms with Crippen molar-refractivity contribution in [2.75, 3.05) is 6.61 Å². The number of ether oxygens (including phenoxy) is 1. The van der Waals surface area contributed by atoms with Gasteiger partial charge in [0.2, 0.25) is 0 Å². The van der Waals surface area contributed by atoms with Gasteiger partial charge < -0.3 is 9.72 Å². The highest BCUT2D eigenvalue weighted by atomic mass is 19.4. The maximum absolute atomic E-state index is 12.7.